The summed E-state index contributed by atoms with van der Waals surface area (Å²) in [5.74, 6) is 0.659. The third kappa shape index (κ3) is 2.25. The van der Waals surface area contributed by atoms with Crippen molar-refractivity contribution in [1.82, 2.24) is 4.90 Å². The maximum Gasteiger partial charge on any atom is 0.261 e. The number of benzene rings is 2. The van der Waals surface area contributed by atoms with Gasteiger partial charge in [-0.1, -0.05) is 41.9 Å². The van der Waals surface area contributed by atoms with Gasteiger partial charge in [0.2, 0.25) is 0 Å². The molecule has 1 atom stereocenters. The Morgan fingerprint density at radius 3 is 2.70 bits per heavy atom. The average Bonchev–Trinajstić information content (AvgIpc) is 2.58. The van der Waals surface area contributed by atoms with Crippen molar-refractivity contribution < 1.29 is 9.53 Å². The van der Waals surface area contributed by atoms with Crippen molar-refractivity contribution in [2.24, 2.45) is 0 Å². The van der Waals surface area contributed by atoms with Crippen LogP contribution in [0.5, 0.6) is 5.75 Å². The van der Waals surface area contributed by atoms with E-state index in [9.17, 15) is 4.79 Å². The fourth-order valence-electron chi connectivity index (χ4n) is 2.50. The number of halogens is 1. The molecule has 2 aromatic carbocycles. The molecule has 0 aliphatic carbocycles. The Labute approximate surface area is 122 Å². The highest BCUT2D eigenvalue weighted by molar-refractivity contribution is 6.30. The first kappa shape index (κ1) is 13.0. The summed E-state index contributed by atoms with van der Waals surface area (Å²) in [7, 11) is 1.79. The first-order valence-electron chi connectivity index (χ1n) is 6.39. The summed E-state index contributed by atoms with van der Waals surface area (Å²) in [6, 6.07) is 15.2. The molecule has 0 N–H and O–H groups in total. The van der Waals surface area contributed by atoms with Crippen LogP contribution in [0.4, 0.5) is 0 Å². The topological polar surface area (TPSA) is 29.5 Å². The van der Waals surface area contributed by atoms with Gasteiger partial charge in [0.05, 0.1) is 6.04 Å². The van der Waals surface area contributed by atoms with Crippen LogP contribution in [0.15, 0.2) is 48.5 Å². The summed E-state index contributed by atoms with van der Waals surface area (Å²) in [6.45, 7) is 0.0501. The number of hydrogen-bond donors (Lipinski definition) is 0. The predicted octanol–water partition coefficient (Wildman–Crippen LogP) is 3.28. The largest absolute Gasteiger partial charge is 0.483 e. The lowest BCUT2D eigenvalue weighted by Gasteiger charge is -2.26. The van der Waals surface area contributed by atoms with Gasteiger partial charge in [0.25, 0.3) is 5.91 Å². The van der Waals surface area contributed by atoms with Crippen molar-refractivity contribution >= 4 is 17.5 Å². The monoisotopic (exact) mass is 287 g/mol. The number of carbonyl (C=O) groups is 1. The van der Waals surface area contributed by atoms with Gasteiger partial charge >= 0.3 is 0 Å². The third-order valence-corrected chi connectivity index (χ3v) is 3.75. The second kappa shape index (κ2) is 5.17. The molecule has 0 saturated carbocycles. The molecular weight excluding hydrogens is 274 g/mol. The smallest absolute Gasteiger partial charge is 0.261 e. The zero-order valence-corrected chi connectivity index (χ0v) is 11.8. The van der Waals surface area contributed by atoms with E-state index in [0.29, 0.717) is 10.8 Å². The van der Waals surface area contributed by atoms with Crippen molar-refractivity contribution in [2.45, 2.75) is 6.04 Å². The minimum absolute atomic E-state index is 0.0498. The molecule has 2 aromatic rings. The van der Waals surface area contributed by atoms with Crippen LogP contribution >= 0.6 is 11.6 Å². The lowest BCUT2D eigenvalue weighted by Crippen LogP contribution is -2.32. The van der Waals surface area contributed by atoms with Crippen molar-refractivity contribution in [1.29, 1.82) is 0 Å². The Bertz CT molecular complexity index is 642. The Morgan fingerprint density at radius 2 is 1.95 bits per heavy atom. The van der Waals surface area contributed by atoms with Crippen molar-refractivity contribution in [2.75, 3.05) is 13.7 Å². The van der Waals surface area contributed by atoms with Gasteiger partial charge in [-0.2, -0.15) is 0 Å². The van der Waals surface area contributed by atoms with Crippen LogP contribution in [0.1, 0.15) is 17.2 Å². The normalized spacial score (nSPS) is 18.2. The summed E-state index contributed by atoms with van der Waals surface area (Å²) in [6.07, 6.45) is 0. The second-order valence-electron chi connectivity index (χ2n) is 4.79. The SMILES string of the molecule is CN1C(=O)COc2ccc(Cl)cc2[C@@H]1c1ccccc1. The van der Waals surface area contributed by atoms with Gasteiger partial charge in [-0.25, -0.2) is 0 Å². The van der Waals surface area contributed by atoms with Crippen LogP contribution in [-0.4, -0.2) is 24.5 Å². The molecule has 0 unspecified atom stereocenters. The van der Waals surface area contributed by atoms with Crippen molar-refractivity contribution in [3.05, 3.63) is 64.7 Å². The fraction of sp³-hybridized carbons (Fsp3) is 0.188. The Kier molecular flexibility index (Phi) is 3.36. The highest BCUT2D eigenvalue weighted by atomic mass is 35.5. The number of fused-ring (bicyclic) bond motifs is 1. The Balaban J connectivity index is 2.18. The van der Waals surface area contributed by atoms with Gasteiger partial charge in [0, 0.05) is 17.6 Å². The van der Waals surface area contributed by atoms with Gasteiger partial charge in [-0.05, 0) is 23.8 Å². The van der Waals surface area contributed by atoms with Crippen LogP contribution < -0.4 is 4.74 Å². The van der Waals surface area contributed by atoms with Crippen LogP contribution in [0.25, 0.3) is 0 Å². The fourth-order valence-corrected chi connectivity index (χ4v) is 2.68. The van der Waals surface area contributed by atoms with Crippen LogP contribution in [0.2, 0.25) is 5.02 Å². The Morgan fingerprint density at radius 1 is 1.20 bits per heavy atom. The lowest BCUT2D eigenvalue weighted by atomic mass is 9.97. The molecule has 3 nitrogen and oxygen atoms in total. The van der Waals surface area contributed by atoms with E-state index >= 15 is 0 Å². The molecule has 3 rings (SSSR count). The molecule has 0 spiro atoms. The number of nitrogens with zero attached hydrogens (tertiary/aromatic N) is 1. The van der Waals surface area contributed by atoms with E-state index in [0.717, 1.165) is 11.1 Å². The van der Waals surface area contributed by atoms with Gasteiger partial charge in [0.15, 0.2) is 6.61 Å². The highest BCUT2D eigenvalue weighted by Crippen LogP contribution is 2.37. The summed E-state index contributed by atoms with van der Waals surface area (Å²) in [5, 5.41) is 0.635. The van der Waals surface area contributed by atoms with Crippen LogP contribution in [-0.2, 0) is 4.79 Å². The number of amides is 1. The average molecular weight is 288 g/mol. The number of likely N-dealkylation sites (N-methyl/N-ethyl adjacent to an activating group) is 1. The molecule has 1 aliphatic heterocycles. The van der Waals surface area contributed by atoms with E-state index in [1.54, 1.807) is 18.0 Å². The summed E-state index contributed by atoms with van der Waals surface area (Å²) in [5.41, 5.74) is 1.95. The summed E-state index contributed by atoms with van der Waals surface area (Å²) >= 11 is 6.11. The van der Waals surface area contributed by atoms with E-state index in [-0.39, 0.29) is 18.6 Å². The van der Waals surface area contributed by atoms with Gasteiger partial charge in [-0.3, -0.25) is 4.79 Å². The first-order chi connectivity index (χ1) is 9.66. The summed E-state index contributed by atoms with van der Waals surface area (Å²) < 4.78 is 5.59. The van der Waals surface area contributed by atoms with E-state index in [1.165, 1.54) is 0 Å². The summed E-state index contributed by atoms with van der Waals surface area (Å²) in [4.78, 5) is 13.8. The van der Waals surface area contributed by atoms with E-state index in [1.807, 2.05) is 42.5 Å². The molecule has 20 heavy (non-hydrogen) atoms. The van der Waals surface area contributed by atoms with Crippen LogP contribution in [0.3, 0.4) is 0 Å². The molecule has 0 bridgehead atoms. The minimum atomic E-state index is -0.181. The van der Waals surface area contributed by atoms with Crippen molar-refractivity contribution in [3.63, 3.8) is 0 Å². The van der Waals surface area contributed by atoms with E-state index in [4.69, 9.17) is 16.3 Å². The number of hydrogen-bond acceptors (Lipinski definition) is 2. The molecule has 1 aliphatic rings. The van der Waals surface area contributed by atoms with E-state index < -0.39 is 0 Å². The molecule has 0 radical (unpaired) electrons. The van der Waals surface area contributed by atoms with Crippen LogP contribution in [0, 0.1) is 0 Å². The zero-order chi connectivity index (χ0) is 14.1. The van der Waals surface area contributed by atoms with Gasteiger partial charge in [0.1, 0.15) is 5.75 Å². The lowest BCUT2D eigenvalue weighted by molar-refractivity contribution is -0.132. The van der Waals surface area contributed by atoms with Gasteiger partial charge in [-0.15, -0.1) is 0 Å². The highest BCUT2D eigenvalue weighted by Gasteiger charge is 2.29. The Hall–Kier alpha value is -2.00. The van der Waals surface area contributed by atoms with Crippen molar-refractivity contribution in [3.8, 4) is 5.75 Å². The molecule has 0 aromatic heterocycles. The molecule has 0 fully saturated rings. The number of ether oxygens (including phenoxy) is 1. The minimum Gasteiger partial charge on any atom is -0.483 e. The molecule has 102 valence electrons. The molecule has 1 heterocycles. The number of carbonyl (C=O) groups excluding carboxylic acids is 1. The molecule has 4 heteroatoms. The molecule has 1 amide bonds. The standard InChI is InChI=1S/C16H14ClNO2/c1-18-15(19)10-20-14-8-7-12(17)9-13(14)16(18)11-5-3-2-4-6-11/h2-9,16H,10H2,1H3/t16-/m0/s1. The zero-order valence-electron chi connectivity index (χ0n) is 11.0. The maximum absolute atomic E-state index is 12.1. The maximum atomic E-state index is 12.1. The predicted molar refractivity (Wildman–Crippen MR) is 78.0 cm³/mol. The van der Waals surface area contributed by atoms with Gasteiger partial charge < -0.3 is 9.64 Å². The third-order valence-electron chi connectivity index (χ3n) is 3.51. The second-order valence-corrected chi connectivity index (χ2v) is 5.23. The molecule has 0 saturated heterocycles. The number of rotatable bonds is 1. The quantitative estimate of drug-likeness (QED) is 0.805. The van der Waals surface area contributed by atoms with E-state index in [2.05, 4.69) is 0 Å². The molecular formula is C16H14ClNO2. The first-order valence-corrected chi connectivity index (χ1v) is 6.77.